The number of hydrogen-bond acceptors (Lipinski definition) is 2. The second-order valence-corrected chi connectivity index (χ2v) is 5.21. The molecule has 0 aromatic rings. The van der Waals surface area contributed by atoms with Gasteiger partial charge < -0.3 is 16.4 Å². The molecule has 1 aliphatic carbocycles. The van der Waals surface area contributed by atoms with Crippen LogP contribution < -0.4 is 16.4 Å². The molecule has 1 saturated carbocycles. The Labute approximate surface area is 105 Å². The molecule has 0 spiro atoms. The van der Waals surface area contributed by atoms with Crippen LogP contribution in [0.1, 0.15) is 58.3 Å². The maximum absolute atomic E-state index is 11.3. The minimum Gasteiger partial charge on any atom is -0.338 e. The van der Waals surface area contributed by atoms with Crippen molar-refractivity contribution in [3.8, 4) is 0 Å². The minimum atomic E-state index is -0.0541. The average Bonchev–Trinajstić information content (AvgIpc) is 2.33. The van der Waals surface area contributed by atoms with Crippen molar-refractivity contribution < 1.29 is 4.79 Å². The number of carbonyl (C=O) groups is 1. The lowest BCUT2D eigenvalue weighted by Crippen LogP contribution is -2.43. The van der Waals surface area contributed by atoms with E-state index >= 15 is 0 Å². The summed E-state index contributed by atoms with van der Waals surface area (Å²) >= 11 is 0. The Balaban J connectivity index is 2.04. The number of rotatable bonds is 6. The molecule has 0 atom stereocenters. The quantitative estimate of drug-likeness (QED) is 0.624. The summed E-state index contributed by atoms with van der Waals surface area (Å²) in [6, 6.07) is -0.0541. The molecular weight excluding hydrogens is 214 g/mol. The van der Waals surface area contributed by atoms with E-state index in [1.807, 2.05) is 6.92 Å². The van der Waals surface area contributed by atoms with Crippen LogP contribution in [0.4, 0.5) is 4.79 Å². The van der Waals surface area contributed by atoms with Crippen molar-refractivity contribution in [3.05, 3.63) is 0 Å². The topological polar surface area (TPSA) is 67.2 Å². The highest BCUT2D eigenvalue weighted by atomic mass is 16.2. The molecule has 1 aliphatic rings. The van der Waals surface area contributed by atoms with Gasteiger partial charge in [-0.25, -0.2) is 4.79 Å². The Morgan fingerprint density at radius 1 is 1.18 bits per heavy atom. The normalized spacial score (nSPS) is 18.7. The van der Waals surface area contributed by atoms with E-state index in [0.29, 0.717) is 0 Å². The summed E-state index contributed by atoms with van der Waals surface area (Å²) in [6.45, 7) is 3.52. The van der Waals surface area contributed by atoms with E-state index in [0.717, 1.165) is 45.2 Å². The molecule has 1 fully saturated rings. The number of hydrogen-bond donors (Lipinski definition) is 3. The SMILES string of the molecule is CCCNC(=O)NCCCC1(N)CCCCC1. The molecule has 4 nitrogen and oxygen atoms in total. The summed E-state index contributed by atoms with van der Waals surface area (Å²) in [5.74, 6) is 0. The Bertz CT molecular complexity index is 225. The maximum atomic E-state index is 11.3. The van der Waals surface area contributed by atoms with Gasteiger partial charge in [-0.2, -0.15) is 0 Å². The zero-order valence-corrected chi connectivity index (χ0v) is 11.1. The summed E-state index contributed by atoms with van der Waals surface area (Å²) in [6.07, 6.45) is 9.14. The van der Waals surface area contributed by atoms with E-state index in [-0.39, 0.29) is 11.6 Å². The Hall–Kier alpha value is -0.770. The summed E-state index contributed by atoms with van der Waals surface area (Å²) in [5, 5.41) is 5.67. The van der Waals surface area contributed by atoms with Crippen LogP contribution in [-0.2, 0) is 0 Å². The van der Waals surface area contributed by atoms with Crippen molar-refractivity contribution in [2.24, 2.45) is 5.73 Å². The first-order valence-corrected chi connectivity index (χ1v) is 6.97. The smallest absolute Gasteiger partial charge is 0.314 e. The second-order valence-electron chi connectivity index (χ2n) is 5.21. The number of amides is 2. The summed E-state index contributed by atoms with van der Waals surface area (Å²) < 4.78 is 0. The molecule has 0 unspecified atom stereocenters. The predicted octanol–water partition coefficient (Wildman–Crippen LogP) is 2.14. The number of urea groups is 1. The van der Waals surface area contributed by atoms with E-state index in [1.165, 1.54) is 19.3 Å². The lowest BCUT2D eigenvalue weighted by atomic mass is 9.79. The van der Waals surface area contributed by atoms with Gasteiger partial charge in [-0.05, 0) is 32.1 Å². The molecule has 0 saturated heterocycles. The van der Waals surface area contributed by atoms with Crippen molar-refractivity contribution in [2.45, 2.75) is 63.8 Å². The molecule has 0 bridgehead atoms. The fraction of sp³-hybridized carbons (Fsp3) is 0.923. The van der Waals surface area contributed by atoms with Crippen molar-refractivity contribution >= 4 is 6.03 Å². The molecule has 4 heteroatoms. The molecule has 17 heavy (non-hydrogen) atoms. The molecule has 0 heterocycles. The monoisotopic (exact) mass is 241 g/mol. The first-order chi connectivity index (χ1) is 8.16. The maximum Gasteiger partial charge on any atom is 0.314 e. The van der Waals surface area contributed by atoms with Crippen molar-refractivity contribution in [1.82, 2.24) is 10.6 Å². The van der Waals surface area contributed by atoms with Crippen molar-refractivity contribution in [3.63, 3.8) is 0 Å². The van der Waals surface area contributed by atoms with Gasteiger partial charge in [-0.15, -0.1) is 0 Å². The van der Waals surface area contributed by atoms with Crippen LogP contribution in [-0.4, -0.2) is 24.7 Å². The van der Waals surface area contributed by atoms with E-state index in [2.05, 4.69) is 10.6 Å². The Morgan fingerprint density at radius 3 is 2.47 bits per heavy atom. The molecule has 4 N–H and O–H groups in total. The van der Waals surface area contributed by atoms with Crippen LogP contribution in [0.2, 0.25) is 0 Å². The highest BCUT2D eigenvalue weighted by molar-refractivity contribution is 5.73. The minimum absolute atomic E-state index is 0.0415. The van der Waals surface area contributed by atoms with E-state index in [9.17, 15) is 4.79 Å². The van der Waals surface area contributed by atoms with Crippen LogP contribution >= 0.6 is 0 Å². The van der Waals surface area contributed by atoms with Gasteiger partial charge in [0.1, 0.15) is 0 Å². The largest absolute Gasteiger partial charge is 0.338 e. The van der Waals surface area contributed by atoms with Crippen LogP contribution in [0.25, 0.3) is 0 Å². The lowest BCUT2D eigenvalue weighted by molar-refractivity contribution is 0.238. The van der Waals surface area contributed by atoms with E-state index in [1.54, 1.807) is 0 Å². The standard InChI is InChI=1S/C13H27N3O/c1-2-10-15-12(17)16-11-6-9-13(14)7-4-3-5-8-13/h2-11,14H2,1H3,(H2,15,16,17). The summed E-state index contributed by atoms with van der Waals surface area (Å²) in [7, 11) is 0. The molecule has 0 aromatic heterocycles. The van der Waals surface area contributed by atoms with Crippen molar-refractivity contribution in [2.75, 3.05) is 13.1 Å². The van der Waals surface area contributed by atoms with Crippen LogP contribution in [0.3, 0.4) is 0 Å². The lowest BCUT2D eigenvalue weighted by Gasteiger charge is -2.33. The van der Waals surface area contributed by atoms with Gasteiger partial charge in [-0.3, -0.25) is 0 Å². The highest BCUT2D eigenvalue weighted by Crippen LogP contribution is 2.29. The third-order valence-electron chi connectivity index (χ3n) is 3.52. The second kappa shape index (κ2) is 7.54. The molecule has 1 rings (SSSR count). The molecule has 0 aliphatic heterocycles. The zero-order valence-electron chi connectivity index (χ0n) is 11.1. The highest BCUT2D eigenvalue weighted by Gasteiger charge is 2.26. The molecule has 0 radical (unpaired) electrons. The van der Waals surface area contributed by atoms with Gasteiger partial charge in [0.2, 0.25) is 0 Å². The number of nitrogens with one attached hydrogen (secondary N) is 2. The van der Waals surface area contributed by atoms with Gasteiger partial charge >= 0.3 is 6.03 Å². The fourth-order valence-corrected chi connectivity index (χ4v) is 2.45. The van der Waals surface area contributed by atoms with E-state index < -0.39 is 0 Å². The molecular formula is C13H27N3O. The molecule has 0 aromatic carbocycles. The van der Waals surface area contributed by atoms with Gasteiger partial charge in [0.05, 0.1) is 0 Å². The van der Waals surface area contributed by atoms with E-state index in [4.69, 9.17) is 5.73 Å². The van der Waals surface area contributed by atoms with Gasteiger partial charge in [0.25, 0.3) is 0 Å². The average molecular weight is 241 g/mol. The Kier molecular flexibility index (Phi) is 6.34. The van der Waals surface area contributed by atoms with Crippen LogP contribution in [0.5, 0.6) is 0 Å². The van der Waals surface area contributed by atoms with Crippen LogP contribution in [0.15, 0.2) is 0 Å². The van der Waals surface area contributed by atoms with Gasteiger partial charge in [0, 0.05) is 18.6 Å². The third kappa shape index (κ3) is 5.91. The molecule has 100 valence electrons. The Morgan fingerprint density at radius 2 is 1.82 bits per heavy atom. The zero-order chi connectivity index (χ0) is 12.6. The number of carbonyl (C=O) groups excluding carboxylic acids is 1. The van der Waals surface area contributed by atoms with Gasteiger partial charge in [0.15, 0.2) is 0 Å². The predicted molar refractivity (Wildman–Crippen MR) is 70.9 cm³/mol. The first-order valence-electron chi connectivity index (χ1n) is 6.97. The molecule has 2 amide bonds. The third-order valence-corrected chi connectivity index (χ3v) is 3.52. The van der Waals surface area contributed by atoms with Crippen LogP contribution in [0, 0.1) is 0 Å². The van der Waals surface area contributed by atoms with Crippen molar-refractivity contribution in [1.29, 1.82) is 0 Å². The van der Waals surface area contributed by atoms with Gasteiger partial charge in [-0.1, -0.05) is 26.2 Å². The number of nitrogens with two attached hydrogens (primary N) is 1. The summed E-state index contributed by atoms with van der Waals surface area (Å²) in [5.41, 5.74) is 6.37. The first kappa shape index (κ1) is 14.3. The summed E-state index contributed by atoms with van der Waals surface area (Å²) in [4.78, 5) is 11.3. The fourth-order valence-electron chi connectivity index (χ4n) is 2.45.